The molecule has 0 radical (unpaired) electrons. The van der Waals surface area contributed by atoms with Crippen LogP contribution in [-0.2, 0) is 14.3 Å². The number of carboxylic acids is 1. The van der Waals surface area contributed by atoms with E-state index in [1.54, 1.807) is 27.7 Å². The third-order valence-corrected chi connectivity index (χ3v) is 2.20. The van der Waals surface area contributed by atoms with Gasteiger partial charge in [-0.2, -0.15) is 0 Å². The summed E-state index contributed by atoms with van der Waals surface area (Å²) in [6.45, 7) is 6.99. The van der Waals surface area contributed by atoms with Gasteiger partial charge in [-0.05, 0) is 19.8 Å². The van der Waals surface area contributed by atoms with Crippen molar-refractivity contribution in [3.63, 3.8) is 0 Å². The molecule has 1 atom stereocenters. The maximum absolute atomic E-state index is 11.8. The first-order valence-corrected chi connectivity index (χ1v) is 6.20. The average molecular weight is 274 g/mol. The lowest BCUT2D eigenvalue weighted by molar-refractivity contribution is -0.137. The van der Waals surface area contributed by atoms with E-state index in [4.69, 9.17) is 9.84 Å². The fourth-order valence-electron chi connectivity index (χ4n) is 1.31. The molecule has 0 saturated heterocycles. The fourth-order valence-corrected chi connectivity index (χ4v) is 1.31. The summed E-state index contributed by atoms with van der Waals surface area (Å²) < 4.78 is 4.90. The minimum Gasteiger partial charge on any atom is -0.481 e. The van der Waals surface area contributed by atoms with Crippen LogP contribution in [0.15, 0.2) is 0 Å². The molecule has 3 N–H and O–H groups in total. The third-order valence-electron chi connectivity index (χ3n) is 2.20. The Morgan fingerprint density at radius 3 is 2.16 bits per heavy atom. The molecule has 0 fully saturated rings. The number of amides is 2. The number of carboxylic acid groups (broad SMARTS) is 1. The minimum absolute atomic E-state index is 0.0261. The van der Waals surface area contributed by atoms with E-state index in [9.17, 15) is 14.4 Å². The molecule has 0 aromatic carbocycles. The predicted octanol–water partition coefficient (Wildman–Crippen LogP) is 0.736. The molecular weight excluding hydrogens is 252 g/mol. The van der Waals surface area contributed by atoms with E-state index in [1.165, 1.54) is 0 Å². The SMILES string of the molecule is CC(C)OC(=O)NC(C(=O)NCCC(=O)O)C(C)C. The Kier molecular flexibility index (Phi) is 7.55. The average Bonchev–Trinajstić information content (AvgIpc) is 2.23. The van der Waals surface area contributed by atoms with Crippen molar-refractivity contribution in [2.75, 3.05) is 6.54 Å². The number of carbonyl (C=O) groups is 3. The fraction of sp³-hybridized carbons (Fsp3) is 0.750. The highest BCUT2D eigenvalue weighted by Crippen LogP contribution is 2.03. The number of rotatable bonds is 7. The second kappa shape index (κ2) is 8.34. The number of hydrogen-bond acceptors (Lipinski definition) is 4. The largest absolute Gasteiger partial charge is 0.481 e. The van der Waals surface area contributed by atoms with Crippen LogP contribution < -0.4 is 10.6 Å². The summed E-state index contributed by atoms with van der Waals surface area (Å²) in [7, 11) is 0. The van der Waals surface area contributed by atoms with Crippen LogP contribution in [0, 0.1) is 5.92 Å². The molecule has 2 amide bonds. The van der Waals surface area contributed by atoms with Gasteiger partial charge in [0, 0.05) is 6.54 Å². The first kappa shape index (κ1) is 17.2. The summed E-state index contributed by atoms with van der Waals surface area (Å²) in [5, 5.41) is 13.4. The first-order chi connectivity index (χ1) is 8.73. The van der Waals surface area contributed by atoms with Gasteiger partial charge in [0.1, 0.15) is 6.04 Å². The standard InChI is InChI=1S/C12H22N2O5/c1-7(2)10(14-12(18)19-8(3)4)11(17)13-6-5-9(15)16/h7-8,10H,5-6H2,1-4H3,(H,13,17)(H,14,18)(H,15,16). The van der Waals surface area contributed by atoms with Crippen LogP contribution in [0.25, 0.3) is 0 Å². The molecule has 0 aliphatic carbocycles. The van der Waals surface area contributed by atoms with Crippen LogP contribution in [0.3, 0.4) is 0 Å². The highest BCUT2D eigenvalue weighted by atomic mass is 16.6. The molecule has 110 valence electrons. The van der Waals surface area contributed by atoms with Crippen molar-refractivity contribution in [1.82, 2.24) is 10.6 Å². The Labute approximate surface area is 112 Å². The number of aliphatic carboxylic acids is 1. The van der Waals surface area contributed by atoms with Crippen molar-refractivity contribution in [3.05, 3.63) is 0 Å². The Balaban J connectivity index is 4.34. The van der Waals surface area contributed by atoms with E-state index in [1.807, 2.05) is 0 Å². The van der Waals surface area contributed by atoms with Crippen molar-refractivity contribution in [2.45, 2.75) is 46.3 Å². The minimum atomic E-state index is -0.992. The third kappa shape index (κ3) is 8.01. The molecule has 0 aromatic rings. The monoisotopic (exact) mass is 274 g/mol. The summed E-state index contributed by atoms with van der Waals surface area (Å²) in [6.07, 6.45) is -1.10. The molecule has 7 heteroatoms. The number of carbonyl (C=O) groups excluding carboxylic acids is 2. The van der Waals surface area contributed by atoms with Crippen molar-refractivity contribution < 1.29 is 24.2 Å². The van der Waals surface area contributed by atoms with Crippen molar-refractivity contribution in [1.29, 1.82) is 0 Å². The van der Waals surface area contributed by atoms with E-state index < -0.39 is 24.0 Å². The van der Waals surface area contributed by atoms with Gasteiger partial charge in [-0.1, -0.05) is 13.8 Å². The zero-order valence-corrected chi connectivity index (χ0v) is 11.7. The smallest absolute Gasteiger partial charge is 0.408 e. The van der Waals surface area contributed by atoms with E-state index in [0.29, 0.717) is 0 Å². The lowest BCUT2D eigenvalue weighted by Crippen LogP contribution is -2.50. The van der Waals surface area contributed by atoms with Gasteiger partial charge < -0.3 is 20.5 Å². The van der Waals surface area contributed by atoms with Crippen LogP contribution in [0.2, 0.25) is 0 Å². The summed E-state index contributed by atoms with van der Waals surface area (Å²) >= 11 is 0. The Bertz CT molecular complexity index is 328. The molecule has 1 unspecified atom stereocenters. The summed E-state index contributed by atoms with van der Waals surface area (Å²) in [5.41, 5.74) is 0. The first-order valence-electron chi connectivity index (χ1n) is 6.20. The molecule has 0 spiro atoms. The molecule has 0 rings (SSSR count). The molecule has 19 heavy (non-hydrogen) atoms. The maximum atomic E-state index is 11.8. The van der Waals surface area contributed by atoms with Gasteiger partial charge >= 0.3 is 12.1 Å². The van der Waals surface area contributed by atoms with Crippen LogP contribution >= 0.6 is 0 Å². The molecule has 0 bridgehead atoms. The lowest BCUT2D eigenvalue weighted by atomic mass is 10.0. The molecular formula is C12H22N2O5. The zero-order valence-electron chi connectivity index (χ0n) is 11.7. The molecule has 0 aromatic heterocycles. The zero-order chi connectivity index (χ0) is 15.0. The Morgan fingerprint density at radius 1 is 1.16 bits per heavy atom. The van der Waals surface area contributed by atoms with Crippen molar-refractivity contribution in [3.8, 4) is 0 Å². The predicted molar refractivity (Wildman–Crippen MR) is 68.6 cm³/mol. The quantitative estimate of drug-likeness (QED) is 0.635. The van der Waals surface area contributed by atoms with Gasteiger partial charge in [-0.15, -0.1) is 0 Å². The summed E-state index contributed by atoms with van der Waals surface area (Å²) in [6, 6.07) is -0.750. The second-order valence-corrected chi connectivity index (χ2v) is 4.75. The van der Waals surface area contributed by atoms with Crippen LogP contribution in [0.1, 0.15) is 34.1 Å². The number of alkyl carbamates (subject to hydrolysis) is 1. The van der Waals surface area contributed by atoms with Crippen LogP contribution in [-0.4, -0.2) is 41.8 Å². The van der Waals surface area contributed by atoms with Gasteiger partial charge in [0.15, 0.2) is 0 Å². The molecule has 7 nitrogen and oxygen atoms in total. The second-order valence-electron chi connectivity index (χ2n) is 4.75. The van der Waals surface area contributed by atoms with Gasteiger partial charge in [0.25, 0.3) is 0 Å². The Hall–Kier alpha value is -1.79. The van der Waals surface area contributed by atoms with Gasteiger partial charge in [-0.25, -0.2) is 4.79 Å². The van der Waals surface area contributed by atoms with E-state index in [0.717, 1.165) is 0 Å². The van der Waals surface area contributed by atoms with Crippen molar-refractivity contribution in [2.24, 2.45) is 5.92 Å². The highest BCUT2D eigenvalue weighted by molar-refractivity contribution is 5.86. The van der Waals surface area contributed by atoms with Gasteiger partial charge in [-0.3, -0.25) is 9.59 Å². The molecule has 0 aliphatic heterocycles. The van der Waals surface area contributed by atoms with E-state index in [2.05, 4.69) is 10.6 Å². The summed E-state index contributed by atoms with van der Waals surface area (Å²) in [5.74, 6) is -1.55. The lowest BCUT2D eigenvalue weighted by Gasteiger charge is -2.21. The molecule has 0 saturated carbocycles. The maximum Gasteiger partial charge on any atom is 0.408 e. The van der Waals surface area contributed by atoms with E-state index in [-0.39, 0.29) is 25.0 Å². The number of ether oxygens (including phenoxy) is 1. The molecule has 0 heterocycles. The normalized spacial score (nSPS) is 12.1. The molecule has 0 aliphatic rings. The number of nitrogens with one attached hydrogen (secondary N) is 2. The highest BCUT2D eigenvalue weighted by Gasteiger charge is 2.24. The number of hydrogen-bond donors (Lipinski definition) is 3. The Morgan fingerprint density at radius 2 is 1.74 bits per heavy atom. The van der Waals surface area contributed by atoms with Crippen molar-refractivity contribution >= 4 is 18.0 Å². The van der Waals surface area contributed by atoms with Crippen LogP contribution in [0.4, 0.5) is 4.79 Å². The van der Waals surface area contributed by atoms with Gasteiger partial charge in [0.2, 0.25) is 5.91 Å². The van der Waals surface area contributed by atoms with Gasteiger partial charge in [0.05, 0.1) is 12.5 Å². The topological polar surface area (TPSA) is 105 Å². The van der Waals surface area contributed by atoms with E-state index >= 15 is 0 Å². The summed E-state index contributed by atoms with van der Waals surface area (Å²) in [4.78, 5) is 33.6. The van der Waals surface area contributed by atoms with Crippen LogP contribution in [0.5, 0.6) is 0 Å².